The molecule has 0 aromatic carbocycles. The van der Waals surface area contributed by atoms with Crippen LogP contribution in [0.4, 0.5) is 0 Å². The van der Waals surface area contributed by atoms with Crippen molar-refractivity contribution >= 4 is 5.97 Å². The molecule has 0 bridgehead atoms. The minimum absolute atomic E-state index is 0.0929. The Kier molecular flexibility index (Phi) is 6.40. The van der Waals surface area contributed by atoms with Crippen LogP contribution in [0.1, 0.15) is 52.8 Å². The van der Waals surface area contributed by atoms with E-state index in [2.05, 4.69) is 18.9 Å². The van der Waals surface area contributed by atoms with Crippen molar-refractivity contribution in [2.45, 2.75) is 53.5 Å². The maximum Gasteiger partial charge on any atom is 0.314 e. The summed E-state index contributed by atoms with van der Waals surface area (Å²) in [4.78, 5) is 12.4. The molecule has 0 spiro atoms. The average molecular weight is 295 g/mol. The summed E-state index contributed by atoms with van der Waals surface area (Å²) in [6.45, 7) is 10.7. The molecule has 0 saturated heterocycles. The highest BCUT2D eigenvalue weighted by atomic mass is 16.5. The molecule has 120 valence electrons. The van der Waals surface area contributed by atoms with Crippen LogP contribution in [0.25, 0.3) is 0 Å². The van der Waals surface area contributed by atoms with Crippen LogP contribution in [0, 0.1) is 11.3 Å². The van der Waals surface area contributed by atoms with Crippen molar-refractivity contribution < 1.29 is 9.53 Å². The first kappa shape index (κ1) is 17.7. The van der Waals surface area contributed by atoms with Gasteiger partial charge in [-0.2, -0.15) is 5.10 Å². The number of rotatable bonds is 8. The second-order valence-electron chi connectivity index (χ2n) is 5.96. The smallest absolute Gasteiger partial charge is 0.314 e. The molecule has 2 unspecified atom stereocenters. The number of ether oxygens (including phenoxy) is 1. The monoisotopic (exact) mass is 295 g/mol. The van der Waals surface area contributed by atoms with E-state index < -0.39 is 5.41 Å². The number of hydrogen-bond acceptors (Lipinski definition) is 4. The number of hydrogen-bond donors (Lipinski definition) is 1. The van der Waals surface area contributed by atoms with Crippen LogP contribution >= 0.6 is 0 Å². The third kappa shape index (κ3) is 3.84. The van der Waals surface area contributed by atoms with Gasteiger partial charge in [-0.15, -0.1) is 0 Å². The van der Waals surface area contributed by atoms with Gasteiger partial charge in [-0.1, -0.05) is 20.8 Å². The molecular weight excluding hydrogens is 266 g/mol. The lowest BCUT2D eigenvalue weighted by atomic mass is 9.73. The van der Waals surface area contributed by atoms with Crippen LogP contribution in [0.2, 0.25) is 0 Å². The number of esters is 1. The summed E-state index contributed by atoms with van der Waals surface area (Å²) in [5.74, 6) is -0.129. The zero-order valence-electron chi connectivity index (χ0n) is 13.9. The van der Waals surface area contributed by atoms with Gasteiger partial charge in [0.25, 0.3) is 0 Å². The van der Waals surface area contributed by atoms with Crippen molar-refractivity contribution in [1.29, 1.82) is 0 Å². The molecule has 1 rings (SSSR count). The van der Waals surface area contributed by atoms with Gasteiger partial charge in [0, 0.05) is 25.2 Å². The number of carbonyl (C=O) groups is 1. The predicted molar refractivity (Wildman–Crippen MR) is 83.9 cm³/mol. The Hall–Kier alpha value is -1.36. The van der Waals surface area contributed by atoms with E-state index >= 15 is 0 Å². The van der Waals surface area contributed by atoms with E-state index in [0.29, 0.717) is 19.1 Å². The van der Waals surface area contributed by atoms with Crippen molar-refractivity contribution in [2.75, 3.05) is 13.2 Å². The highest BCUT2D eigenvalue weighted by Crippen LogP contribution is 2.32. The number of aromatic nitrogens is 2. The second-order valence-corrected chi connectivity index (χ2v) is 5.96. The Morgan fingerprint density at radius 2 is 2.10 bits per heavy atom. The topological polar surface area (TPSA) is 70.1 Å². The molecule has 0 radical (unpaired) electrons. The Balaban J connectivity index is 3.01. The zero-order valence-corrected chi connectivity index (χ0v) is 13.9. The van der Waals surface area contributed by atoms with E-state index in [9.17, 15) is 4.79 Å². The Morgan fingerprint density at radius 1 is 1.43 bits per heavy atom. The molecule has 1 heterocycles. The van der Waals surface area contributed by atoms with E-state index in [1.54, 1.807) is 0 Å². The van der Waals surface area contributed by atoms with Gasteiger partial charge in [0.05, 0.1) is 17.7 Å². The largest absolute Gasteiger partial charge is 0.466 e. The summed E-state index contributed by atoms with van der Waals surface area (Å²) in [6.07, 6.45) is 3.50. The first-order valence-corrected chi connectivity index (χ1v) is 7.82. The van der Waals surface area contributed by atoms with Crippen LogP contribution in [-0.4, -0.2) is 28.9 Å². The molecule has 1 aromatic heterocycles. The van der Waals surface area contributed by atoms with Gasteiger partial charge in [0.2, 0.25) is 0 Å². The predicted octanol–water partition coefficient (Wildman–Crippen LogP) is 2.56. The highest BCUT2D eigenvalue weighted by molar-refractivity contribution is 5.78. The molecule has 0 saturated carbocycles. The van der Waals surface area contributed by atoms with Crippen molar-refractivity contribution in [3.8, 4) is 0 Å². The average Bonchev–Trinajstić information content (AvgIpc) is 2.92. The summed E-state index contributed by atoms with van der Waals surface area (Å²) < 4.78 is 7.20. The van der Waals surface area contributed by atoms with Crippen LogP contribution in [-0.2, 0) is 16.0 Å². The molecular formula is C16H29N3O2. The van der Waals surface area contributed by atoms with E-state index in [-0.39, 0.29) is 18.4 Å². The summed E-state index contributed by atoms with van der Waals surface area (Å²) in [5, 5.41) is 4.59. The molecule has 2 atom stereocenters. The van der Waals surface area contributed by atoms with Crippen LogP contribution < -0.4 is 5.73 Å². The lowest BCUT2D eigenvalue weighted by Crippen LogP contribution is -2.46. The number of carbonyl (C=O) groups excluding carboxylic acids is 1. The van der Waals surface area contributed by atoms with E-state index in [4.69, 9.17) is 10.5 Å². The van der Waals surface area contributed by atoms with Gasteiger partial charge in [-0.3, -0.25) is 9.48 Å². The maximum atomic E-state index is 12.4. The molecule has 21 heavy (non-hydrogen) atoms. The van der Waals surface area contributed by atoms with Gasteiger partial charge < -0.3 is 10.5 Å². The Labute approximate surface area is 127 Å². The third-order valence-corrected chi connectivity index (χ3v) is 4.35. The molecule has 5 nitrogen and oxygen atoms in total. The van der Waals surface area contributed by atoms with Crippen molar-refractivity contribution in [1.82, 2.24) is 9.78 Å². The first-order chi connectivity index (χ1) is 9.91. The number of nitrogens with two attached hydrogens (primary N) is 1. The van der Waals surface area contributed by atoms with E-state index in [1.807, 2.05) is 37.7 Å². The first-order valence-electron chi connectivity index (χ1n) is 7.82. The molecule has 5 heteroatoms. The van der Waals surface area contributed by atoms with Gasteiger partial charge in [0.1, 0.15) is 0 Å². The lowest BCUT2D eigenvalue weighted by Gasteiger charge is -2.33. The van der Waals surface area contributed by atoms with Gasteiger partial charge in [-0.05, 0) is 32.3 Å². The standard InChI is InChI=1S/C16H29N3O2/c1-6-13(5)19-9-8-14(18-19)10-16(11-17,12(3)4)15(20)21-7-2/h8-9,12-13H,6-7,10-11,17H2,1-5H3. The number of nitrogens with zero attached hydrogens (tertiary/aromatic N) is 2. The fraction of sp³-hybridized carbons (Fsp3) is 0.750. The van der Waals surface area contributed by atoms with Crippen molar-refractivity contribution in [3.05, 3.63) is 18.0 Å². The molecule has 0 aliphatic rings. The highest BCUT2D eigenvalue weighted by Gasteiger charge is 2.42. The summed E-state index contributed by atoms with van der Waals surface area (Å²) in [7, 11) is 0. The summed E-state index contributed by atoms with van der Waals surface area (Å²) in [6, 6.07) is 2.32. The van der Waals surface area contributed by atoms with E-state index in [0.717, 1.165) is 12.1 Å². The van der Waals surface area contributed by atoms with Crippen LogP contribution in [0.5, 0.6) is 0 Å². The van der Waals surface area contributed by atoms with Crippen molar-refractivity contribution in [3.63, 3.8) is 0 Å². The lowest BCUT2D eigenvalue weighted by molar-refractivity contribution is -0.157. The van der Waals surface area contributed by atoms with Crippen LogP contribution in [0.15, 0.2) is 12.3 Å². The van der Waals surface area contributed by atoms with Gasteiger partial charge >= 0.3 is 5.97 Å². The molecule has 0 aliphatic carbocycles. The Bertz CT molecular complexity index is 456. The van der Waals surface area contributed by atoms with Gasteiger partial charge in [-0.25, -0.2) is 0 Å². The van der Waals surface area contributed by atoms with Crippen molar-refractivity contribution in [2.24, 2.45) is 17.1 Å². The Morgan fingerprint density at radius 3 is 2.57 bits per heavy atom. The fourth-order valence-corrected chi connectivity index (χ4v) is 2.41. The summed E-state index contributed by atoms with van der Waals surface area (Å²) >= 11 is 0. The van der Waals surface area contributed by atoms with E-state index in [1.165, 1.54) is 0 Å². The van der Waals surface area contributed by atoms with Crippen LogP contribution in [0.3, 0.4) is 0 Å². The minimum atomic E-state index is -0.704. The second kappa shape index (κ2) is 7.59. The molecule has 0 aliphatic heterocycles. The minimum Gasteiger partial charge on any atom is -0.466 e. The third-order valence-electron chi connectivity index (χ3n) is 4.35. The molecule has 0 amide bonds. The molecule has 0 fully saturated rings. The zero-order chi connectivity index (χ0) is 16.0. The maximum absolute atomic E-state index is 12.4. The molecule has 2 N–H and O–H groups in total. The quantitative estimate of drug-likeness (QED) is 0.748. The summed E-state index contributed by atoms with van der Waals surface area (Å²) in [5.41, 5.74) is 6.13. The molecule has 1 aromatic rings. The fourth-order valence-electron chi connectivity index (χ4n) is 2.41. The van der Waals surface area contributed by atoms with Gasteiger partial charge in [0.15, 0.2) is 0 Å². The normalized spacial score (nSPS) is 15.8. The SMILES string of the molecule is CCOC(=O)C(CN)(Cc1ccn(C(C)CC)n1)C(C)C.